The van der Waals surface area contributed by atoms with Crippen molar-refractivity contribution in [2.75, 3.05) is 39.6 Å². The molecule has 0 bridgehead atoms. The molecule has 0 aliphatic heterocycles. The zero-order valence-corrected chi connectivity index (χ0v) is 69.4. The fourth-order valence-electron chi connectivity index (χ4n) is 13.1. The number of esters is 4. The summed E-state index contributed by atoms with van der Waals surface area (Å²) in [5, 5.41) is 10.7. The Morgan fingerprint density at radius 2 is 0.447 bits per heavy atom. The summed E-state index contributed by atoms with van der Waals surface area (Å²) in [6, 6.07) is 0. The van der Waals surface area contributed by atoms with Crippen molar-refractivity contribution in [3.8, 4) is 0 Å². The van der Waals surface area contributed by atoms with Gasteiger partial charge >= 0.3 is 39.5 Å². The molecular formula is C84H164O17P2. The summed E-state index contributed by atoms with van der Waals surface area (Å²) in [7, 11) is -9.92. The van der Waals surface area contributed by atoms with E-state index in [1.54, 1.807) is 0 Å². The van der Waals surface area contributed by atoms with Crippen LogP contribution in [0, 0.1) is 11.8 Å². The zero-order chi connectivity index (χ0) is 75.6. The maximum Gasteiger partial charge on any atom is 0.472 e. The normalized spacial score (nSPS) is 13.9. The van der Waals surface area contributed by atoms with Gasteiger partial charge in [0.05, 0.1) is 26.4 Å². The van der Waals surface area contributed by atoms with Crippen LogP contribution in [-0.4, -0.2) is 96.7 Å². The van der Waals surface area contributed by atoms with Crippen LogP contribution in [0.2, 0.25) is 0 Å². The van der Waals surface area contributed by atoms with E-state index in [1.807, 2.05) is 0 Å². The quantitative estimate of drug-likeness (QED) is 0.0222. The third-order valence-corrected chi connectivity index (χ3v) is 21.6. The first-order valence-corrected chi connectivity index (χ1v) is 46.5. The molecule has 0 aromatic heterocycles. The lowest BCUT2D eigenvalue weighted by Crippen LogP contribution is -2.30. The monoisotopic (exact) mass is 1510 g/mol. The highest BCUT2D eigenvalue weighted by Gasteiger charge is 2.30. The molecule has 2 unspecified atom stereocenters. The maximum atomic E-state index is 13.1. The van der Waals surface area contributed by atoms with Crippen molar-refractivity contribution < 1.29 is 80.2 Å². The van der Waals surface area contributed by atoms with Crippen LogP contribution in [0.1, 0.15) is 446 Å². The van der Waals surface area contributed by atoms with Crippen LogP contribution >= 0.6 is 15.6 Å². The number of aliphatic hydroxyl groups is 1. The number of carbonyl (C=O) groups is 4. The fourth-order valence-corrected chi connectivity index (χ4v) is 14.6. The van der Waals surface area contributed by atoms with Crippen LogP contribution < -0.4 is 0 Å². The Kier molecular flexibility index (Phi) is 74.1. The van der Waals surface area contributed by atoms with E-state index in [-0.39, 0.29) is 25.7 Å². The van der Waals surface area contributed by atoms with Crippen molar-refractivity contribution in [2.24, 2.45) is 11.8 Å². The average Bonchev–Trinajstić information content (AvgIpc) is 0.927. The molecule has 0 radical (unpaired) electrons. The molecule has 0 saturated heterocycles. The number of hydrogen-bond acceptors (Lipinski definition) is 15. The standard InChI is InChI=1S/C84H164O17P2/c1-7-9-11-13-15-17-19-21-23-25-26-27-28-29-31-33-35-39-43-49-56-62-68-83(88)100-79(72-94-81(86)66-60-54-48-42-38-34-32-30-24-22-20-18-16-14-12-10-8-2)74-98-102(90,91)96-70-78(85)71-97-103(92,93)99-75-80(73-95-82(87)67-61-55-51-45-47-53-59-65-77(5)6)101-84(89)69-63-57-50-44-40-36-37-41-46-52-58-64-76(3)4/h76-80,85H,7-75H2,1-6H3,(H,90,91)(H,92,93)/t78-,79-,80-/m1/s1. The summed E-state index contributed by atoms with van der Waals surface area (Å²) in [5.41, 5.74) is 0. The lowest BCUT2D eigenvalue weighted by molar-refractivity contribution is -0.161. The third kappa shape index (κ3) is 78.0. The van der Waals surface area contributed by atoms with E-state index in [9.17, 15) is 43.2 Å². The molecule has 0 amide bonds. The first-order valence-electron chi connectivity index (χ1n) is 43.5. The molecule has 0 rings (SSSR count). The molecule has 3 N–H and O–H groups in total. The molecule has 0 saturated carbocycles. The Balaban J connectivity index is 5.21. The number of hydrogen-bond donors (Lipinski definition) is 3. The molecule has 103 heavy (non-hydrogen) atoms. The van der Waals surface area contributed by atoms with Crippen molar-refractivity contribution in [1.29, 1.82) is 0 Å². The first kappa shape index (κ1) is 101. The zero-order valence-electron chi connectivity index (χ0n) is 67.6. The summed E-state index contributed by atoms with van der Waals surface area (Å²) in [4.78, 5) is 73.1. The number of ether oxygens (including phenoxy) is 4. The van der Waals surface area contributed by atoms with Gasteiger partial charge in [0.2, 0.25) is 0 Å². The van der Waals surface area contributed by atoms with Gasteiger partial charge in [0.15, 0.2) is 12.2 Å². The molecule has 17 nitrogen and oxygen atoms in total. The van der Waals surface area contributed by atoms with Crippen molar-refractivity contribution >= 4 is 39.5 Å². The molecule has 612 valence electrons. The summed E-state index contributed by atoms with van der Waals surface area (Å²) < 4.78 is 68.8. The Morgan fingerprint density at radius 3 is 0.660 bits per heavy atom. The minimum atomic E-state index is -4.96. The second-order valence-corrected chi connectivity index (χ2v) is 34.1. The van der Waals surface area contributed by atoms with Gasteiger partial charge in [-0.3, -0.25) is 37.3 Å². The molecule has 0 aliphatic rings. The van der Waals surface area contributed by atoms with Crippen LogP contribution in [0.15, 0.2) is 0 Å². The number of carbonyl (C=O) groups excluding carboxylic acids is 4. The number of phosphoric ester groups is 2. The van der Waals surface area contributed by atoms with E-state index >= 15 is 0 Å². The summed E-state index contributed by atoms with van der Waals surface area (Å²) in [5.74, 6) is -0.637. The van der Waals surface area contributed by atoms with Gasteiger partial charge in [0.1, 0.15) is 19.3 Å². The molecule has 0 heterocycles. The van der Waals surface area contributed by atoms with E-state index in [1.165, 1.54) is 257 Å². The Labute approximate surface area is 632 Å². The molecule has 0 aliphatic carbocycles. The lowest BCUT2D eigenvalue weighted by atomic mass is 10.0. The Morgan fingerprint density at radius 1 is 0.262 bits per heavy atom. The highest BCUT2D eigenvalue weighted by atomic mass is 31.2. The summed E-state index contributed by atoms with van der Waals surface area (Å²) in [6.45, 7) is 9.59. The van der Waals surface area contributed by atoms with Gasteiger partial charge in [0, 0.05) is 25.7 Å². The maximum absolute atomic E-state index is 13.1. The second-order valence-electron chi connectivity index (χ2n) is 31.2. The van der Waals surface area contributed by atoms with Crippen LogP contribution in [0.4, 0.5) is 0 Å². The van der Waals surface area contributed by atoms with Crippen LogP contribution in [0.3, 0.4) is 0 Å². The number of phosphoric acid groups is 2. The van der Waals surface area contributed by atoms with E-state index in [0.29, 0.717) is 31.6 Å². The fraction of sp³-hybridized carbons (Fsp3) is 0.952. The van der Waals surface area contributed by atoms with E-state index < -0.39 is 97.5 Å². The minimum absolute atomic E-state index is 0.106. The third-order valence-electron chi connectivity index (χ3n) is 19.7. The summed E-state index contributed by atoms with van der Waals surface area (Å²) in [6.07, 6.45) is 66.9. The van der Waals surface area contributed by atoms with Crippen molar-refractivity contribution in [2.45, 2.75) is 464 Å². The number of unbranched alkanes of at least 4 members (excludes halogenated alkanes) is 53. The van der Waals surface area contributed by atoms with Crippen LogP contribution in [0.25, 0.3) is 0 Å². The minimum Gasteiger partial charge on any atom is -0.462 e. The molecule has 19 heteroatoms. The molecule has 0 spiro atoms. The smallest absolute Gasteiger partial charge is 0.462 e. The van der Waals surface area contributed by atoms with Gasteiger partial charge in [-0.2, -0.15) is 0 Å². The van der Waals surface area contributed by atoms with Gasteiger partial charge < -0.3 is 33.8 Å². The first-order chi connectivity index (χ1) is 49.9. The van der Waals surface area contributed by atoms with Crippen molar-refractivity contribution in [3.05, 3.63) is 0 Å². The summed E-state index contributed by atoms with van der Waals surface area (Å²) >= 11 is 0. The largest absolute Gasteiger partial charge is 0.472 e. The molecule has 0 fully saturated rings. The van der Waals surface area contributed by atoms with E-state index in [0.717, 1.165) is 102 Å². The average molecular weight is 1510 g/mol. The SMILES string of the molecule is CCCCCCCCCCCCCCCCCCCCCCCCC(=O)O[C@H](COC(=O)CCCCCCCCCCCCCCCCCCC)COP(=O)(O)OC[C@@H](O)COP(=O)(O)OC[C@@H](COC(=O)CCCCCCCCCC(C)C)OC(=O)CCCCCCCCCCCCCC(C)C. The Hall–Kier alpha value is -1.94. The molecule has 5 atom stereocenters. The predicted octanol–water partition coefficient (Wildman–Crippen LogP) is 25.5. The topological polar surface area (TPSA) is 237 Å². The van der Waals surface area contributed by atoms with Crippen molar-refractivity contribution in [3.63, 3.8) is 0 Å². The van der Waals surface area contributed by atoms with Gasteiger partial charge in [-0.05, 0) is 37.5 Å². The van der Waals surface area contributed by atoms with Crippen molar-refractivity contribution in [1.82, 2.24) is 0 Å². The highest BCUT2D eigenvalue weighted by molar-refractivity contribution is 7.47. The van der Waals surface area contributed by atoms with Gasteiger partial charge in [-0.15, -0.1) is 0 Å². The van der Waals surface area contributed by atoms with Gasteiger partial charge in [-0.25, -0.2) is 9.13 Å². The number of rotatable bonds is 83. The molecule has 0 aromatic rings. The Bertz CT molecular complexity index is 1980. The number of aliphatic hydroxyl groups excluding tert-OH is 1. The molecular weight excluding hydrogens is 1340 g/mol. The second kappa shape index (κ2) is 75.5. The van der Waals surface area contributed by atoms with Crippen LogP contribution in [-0.2, 0) is 65.4 Å². The van der Waals surface area contributed by atoms with E-state index in [2.05, 4.69) is 41.5 Å². The molecule has 0 aromatic carbocycles. The lowest BCUT2D eigenvalue weighted by Gasteiger charge is -2.21. The van der Waals surface area contributed by atoms with E-state index in [4.69, 9.17) is 37.0 Å². The van der Waals surface area contributed by atoms with Gasteiger partial charge in [0.25, 0.3) is 0 Å². The van der Waals surface area contributed by atoms with Gasteiger partial charge in [-0.1, -0.05) is 395 Å². The highest BCUT2D eigenvalue weighted by Crippen LogP contribution is 2.45. The predicted molar refractivity (Wildman–Crippen MR) is 423 cm³/mol. The van der Waals surface area contributed by atoms with Crippen LogP contribution in [0.5, 0.6) is 0 Å².